The number of hydrogen-bond donors (Lipinski definition) is 25. The molecule has 0 aromatic heterocycles. The van der Waals surface area contributed by atoms with E-state index in [1.807, 2.05) is 0 Å². The number of aliphatic hydroxyl groups is 22. The molecule has 25 N–H and O–H groups in total. The highest BCUT2D eigenvalue weighted by Gasteiger charge is 2.63. The first kappa shape index (κ1) is 107. The normalized spacial score (nSPS) is 35.9. The van der Waals surface area contributed by atoms with E-state index in [2.05, 4.69) is 24.5 Å². The van der Waals surface area contributed by atoms with Crippen LogP contribution in [0.5, 0.6) is 0 Å². The molecule has 0 aromatic carbocycles. The lowest BCUT2D eigenvalue weighted by Gasteiger charge is -2.52. The number of ether oxygens (including phenoxy) is 12. The Morgan fingerprint density at radius 2 is 0.802 bits per heavy atom. The van der Waals surface area contributed by atoms with Crippen molar-refractivity contribution in [2.75, 3.05) is 46.2 Å². The summed E-state index contributed by atoms with van der Waals surface area (Å²) >= 11 is 0. The first-order valence-corrected chi connectivity index (χ1v) is 44.1. The van der Waals surface area contributed by atoms with Gasteiger partial charge in [-0.2, -0.15) is 0 Å². The summed E-state index contributed by atoms with van der Waals surface area (Å²) in [6.07, 6.45) is -33.7. The third-order valence-electron chi connectivity index (χ3n) is 23.8. The Morgan fingerprint density at radius 3 is 1.25 bits per heavy atom. The van der Waals surface area contributed by atoms with Gasteiger partial charge < -0.3 is 185 Å². The van der Waals surface area contributed by atoms with Crippen molar-refractivity contribution >= 4 is 17.8 Å². The minimum atomic E-state index is -3.44. The van der Waals surface area contributed by atoms with E-state index in [-0.39, 0.29) is 12.8 Å². The van der Waals surface area contributed by atoms with Gasteiger partial charge in [0, 0.05) is 13.3 Å². The maximum absolute atomic E-state index is 14.0. The number of rotatable bonds is 60. The van der Waals surface area contributed by atoms with E-state index >= 15 is 0 Å². The van der Waals surface area contributed by atoms with Gasteiger partial charge in [0.1, 0.15) is 153 Å². The van der Waals surface area contributed by atoms with Crippen molar-refractivity contribution in [3.63, 3.8) is 0 Å². The molecule has 35 atom stereocenters. The zero-order chi connectivity index (χ0) is 89.0. The number of aliphatic carboxylic acids is 1. The van der Waals surface area contributed by atoms with Crippen molar-refractivity contribution in [1.82, 2.24) is 10.6 Å². The number of hydrogen-bond acceptors (Lipinski definition) is 37. The summed E-state index contributed by atoms with van der Waals surface area (Å²) in [7, 11) is 0. The Kier molecular flexibility index (Phi) is 49.3. The molecule has 121 heavy (non-hydrogen) atoms. The third kappa shape index (κ3) is 31.7. The van der Waals surface area contributed by atoms with Crippen LogP contribution in [-0.2, 0) is 71.2 Å². The Bertz CT molecular complexity index is 2800. The van der Waals surface area contributed by atoms with Crippen LogP contribution in [0, 0.1) is 0 Å². The van der Waals surface area contributed by atoms with Crippen LogP contribution in [0.4, 0.5) is 0 Å². The number of carbonyl (C=O) groups excluding carboxylic acids is 2. The zero-order valence-corrected chi connectivity index (χ0v) is 70.3. The van der Waals surface area contributed by atoms with Crippen molar-refractivity contribution in [2.45, 2.75) is 447 Å². The first-order chi connectivity index (χ1) is 57.9. The largest absolute Gasteiger partial charge is 0.477 e. The summed E-state index contributed by atoms with van der Waals surface area (Å²) in [5.74, 6) is -7.52. The predicted octanol–water partition coefficient (Wildman–Crippen LogP) is -3.64. The van der Waals surface area contributed by atoms with Gasteiger partial charge in [0.15, 0.2) is 31.5 Å². The van der Waals surface area contributed by atoms with Crippen LogP contribution in [0.3, 0.4) is 0 Å². The molecule has 6 saturated heterocycles. The fourth-order valence-corrected chi connectivity index (χ4v) is 16.5. The van der Waals surface area contributed by atoms with E-state index in [1.54, 1.807) is 0 Å². The van der Waals surface area contributed by atoms with Crippen molar-refractivity contribution in [3.05, 3.63) is 0 Å². The van der Waals surface area contributed by atoms with Gasteiger partial charge in [-0.3, -0.25) is 9.59 Å². The number of aliphatic hydroxyl groups excluding tert-OH is 22. The van der Waals surface area contributed by atoms with Crippen LogP contribution >= 0.6 is 0 Å². The SMILES string of the molecule is CCCCCCCCCCCCCCCCCCCCCC[C@@H](O)C(=O)N[C@@H](CO[C@@H]1O[C@H](CO)[C@@H](O[C@@H]2O[C@H](CO)[C@H](O[C@]3(C(=O)O)C[C@H](O[C@H]4O[C@H](CO)[C@H](O)[C@H](O[C@H]5O[C@H](CO)[C@H](O)[C@H](O[C@@H]6O[C@@H]([C@@H](O)CO)[C@H](O)[C@H]6O)[C@H]5O)[C@H]4O)[C@@H](NC(C)=O)[C@H]([C@H](O)[C@H](O)CO)O3)[C@H](O)[C@H]2O)[C@H](O)[C@H]1O)[C@H](O)[C@H](O)CCCCCCCCCCCC. The van der Waals surface area contributed by atoms with Gasteiger partial charge in [-0.25, -0.2) is 4.79 Å². The van der Waals surface area contributed by atoms with Crippen molar-refractivity contribution in [2.24, 2.45) is 0 Å². The molecular weight excluding hydrogens is 1610 g/mol. The van der Waals surface area contributed by atoms with Gasteiger partial charge in [-0.15, -0.1) is 0 Å². The van der Waals surface area contributed by atoms with E-state index in [0.717, 1.165) is 84.0 Å². The minimum Gasteiger partial charge on any atom is -0.477 e. The van der Waals surface area contributed by atoms with E-state index in [9.17, 15) is 132 Å². The molecule has 0 spiro atoms. The molecule has 40 heteroatoms. The molecule has 6 heterocycles. The monoisotopic (exact) mass is 1760 g/mol. The second-order valence-electron chi connectivity index (χ2n) is 33.4. The molecule has 0 aromatic rings. The number of carboxylic acid groups (broad SMARTS) is 1. The molecule has 6 rings (SSSR count). The summed E-state index contributed by atoms with van der Waals surface area (Å²) in [5.41, 5.74) is 0. The smallest absolute Gasteiger partial charge is 0.364 e. The average Bonchev–Trinajstić information content (AvgIpc) is 1.29. The Labute approximate surface area is 707 Å². The van der Waals surface area contributed by atoms with Gasteiger partial charge in [0.05, 0.1) is 70.5 Å². The lowest BCUT2D eigenvalue weighted by Crippen LogP contribution is -2.72. The summed E-state index contributed by atoms with van der Waals surface area (Å²) < 4.78 is 69.8. The van der Waals surface area contributed by atoms with Gasteiger partial charge in [-0.1, -0.05) is 206 Å². The number of unbranched alkanes of at least 4 members (excludes halogenated alkanes) is 28. The van der Waals surface area contributed by atoms with Crippen molar-refractivity contribution in [3.8, 4) is 0 Å². The zero-order valence-electron chi connectivity index (χ0n) is 70.3. The summed E-state index contributed by atoms with van der Waals surface area (Å²) in [5, 5.41) is 260. The molecule has 2 amide bonds. The van der Waals surface area contributed by atoms with Gasteiger partial charge >= 0.3 is 5.97 Å². The van der Waals surface area contributed by atoms with Crippen LogP contribution in [0.25, 0.3) is 0 Å². The molecular formula is C81H148N2O38. The second-order valence-corrected chi connectivity index (χ2v) is 33.4. The van der Waals surface area contributed by atoms with Crippen LogP contribution in [0.15, 0.2) is 0 Å². The van der Waals surface area contributed by atoms with E-state index in [0.29, 0.717) is 12.8 Å². The highest BCUT2D eigenvalue weighted by Crippen LogP contribution is 2.42. The van der Waals surface area contributed by atoms with Gasteiger partial charge in [-0.05, 0) is 12.8 Å². The molecule has 0 saturated carbocycles. The van der Waals surface area contributed by atoms with Crippen LogP contribution in [0.1, 0.15) is 233 Å². The third-order valence-corrected chi connectivity index (χ3v) is 23.8. The minimum absolute atomic E-state index is 0.0823. The fourth-order valence-electron chi connectivity index (χ4n) is 16.5. The lowest BCUT2D eigenvalue weighted by molar-refractivity contribution is -0.395. The van der Waals surface area contributed by atoms with E-state index in [4.69, 9.17) is 56.8 Å². The predicted molar refractivity (Wildman–Crippen MR) is 421 cm³/mol. The van der Waals surface area contributed by atoms with Gasteiger partial charge in [0.25, 0.3) is 5.79 Å². The Hall–Kier alpha value is -2.95. The molecule has 6 aliphatic heterocycles. The van der Waals surface area contributed by atoms with E-state index < -0.39 is 285 Å². The average molecular weight is 1760 g/mol. The molecule has 0 bridgehead atoms. The Balaban J connectivity index is 1.12. The molecule has 710 valence electrons. The summed E-state index contributed by atoms with van der Waals surface area (Å²) in [6.45, 7) is -2.22. The highest BCUT2D eigenvalue weighted by molar-refractivity contribution is 5.80. The van der Waals surface area contributed by atoms with Crippen LogP contribution in [0.2, 0.25) is 0 Å². The standard InChI is InChI=1S/C81H148N2O38/c1-4-6-8-10-12-14-16-17-18-19-20-21-22-23-24-25-27-29-31-33-35-47(92)74(107)83-45(56(95)46(91)34-32-30-28-26-15-13-11-9-7-5-2)43-110-75-63(102)61(100)69(53(41-88)114-75)117-76-65(104)62(101)70(54(42-89)115-76)120-81(80(108)109)36-50(55(82-44(3)90)71(121-81)57(96)48(93)37-84)111-78-66(105)72(58(97)51(39-86)112-78)119-79-67(106)73(59(98)52(40-87)113-79)118-77-64(103)60(99)68(116-77)49(94)38-85/h45-73,75-79,84-89,91-106H,4-43H2,1-3H3,(H,82,90)(H,83,107)(H,108,109)/t45-,46+,47+,48+,49-,50-,51+,52+,53+,54+,55+,56-,57+,58-,59-,60+,61+,62+,63+,64+,65+,66+,67+,68-,69+,70-,71+,72-,73-,75+,76-,77-,78-,79+,81+/m0/s1. The molecule has 0 aliphatic carbocycles. The van der Waals surface area contributed by atoms with E-state index in [1.165, 1.54) is 103 Å². The molecule has 0 unspecified atom stereocenters. The molecule has 0 radical (unpaired) electrons. The number of carbonyl (C=O) groups is 3. The maximum Gasteiger partial charge on any atom is 0.364 e. The fraction of sp³-hybridized carbons (Fsp3) is 0.963. The van der Waals surface area contributed by atoms with Crippen molar-refractivity contribution in [1.29, 1.82) is 0 Å². The Morgan fingerprint density at radius 1 is 0.413 bits per heavy atom. The topological polar surface area (TPSA) is 651 Å². The number of amides is 2. The number of nitrogens with one attached hydrogen (secondary N) is 2. The first-order valence-electron chi connectivity index (χ1n) is 44.1. The second kappa shape index (κ2) is 55.8. The highest BCUT2D eigenvalue weighted by atomic mass is 16.8. The quantitative estimate of drug-likeness (QED) is 0.0261. The lowest BCUT2D eigenvalue weighted by atomic mass is 9.87. The molecule has 6 aliphatic rings. The summed E-state index contributed by atoms with van der Waals surface area (Å²) in [6, 6.07) is -3.43. The van der Waals surface area contributed by atoms with Crippen molar-refractivity contribution < 1.29 is 189 Å². The molecule has 6 fully saturated rings. The number of carboxylic acids is 1. The van der Waals surface area contributed by atoms with Crippen LogP contribution in [-0.4, -0.2) is 396 Å². The summed E-state index contributed by atoms with van der Waals surface area (Å²) in [4.78, 5) is 40.7. The maximum atomic E-state index is 14.0. The molecule has 40 nitrogen and oxygen atoms in total. The van der Waals surface area contributed by atoms with Crippen LogP contribution < -0.4 is 10.6 Å². The van der Waals surface area contributed by atoms with Gasteiger partial charge in [0.2, 0.25) is 11.8 Å².